The summed E-state index contributed by atoms with van der Waals surface area (Å²) in [6, 6.07) is 7.42. The van der Waals surface area contributed by atoms with E-state index in [-0.39, 0.29) is 5.78 Å². The molecule has 1 aliphatic rings. The van der Waals surface area contributed by atoms with Crippen LogP contribution in [0.2, 0.25) is 5.02 Å². The number of Topliss-reactive ketones (excluding diaryl/α,β-unsaturated/α-hetero) is 1. The summed E-state index contributed by atoms with van der Waals surface area (Å²) in [5.74, 6) is 0.135. The van der Waals surface area contributed by atoms with E-state index in [1.54, 1.807) is 4.68 Å². The maximum atomic E-state index is 11.5. The molecule has 0 amide bonds. The lowest BCUT2D eigenvalue weighted by Crippen LogP contribution is -1.99. The number of nitrogens with zero attached hydrogens (tertiary/aromatic N) is 2. The van der Waals surface area contributed by atoms with Crippen molar-refractivity contribution >= 4 is 17.4 Å². The third-order valence-electron chi connectivity index (χ3n) is 2.75. The van der Waals surface area contributed by atoms with Crippen LogP contribution in [0.5, 0.6) is 0 Å². The number of rotatable bonds is 1. The van der Waals surface area contributed by atoms with E-state index in [1.165, 1.54) is 0 Å². The molecule has 80 valence electrons. The molecule has 0 radical (unpaired) electrons. The Balaban J connectivity index is 2.08. The van der Waals surface area contributed by atoms with Crippen LogP contribution >= 0.6 is 11.6 Å². The van der Waals surface area contributed by atoms with Crippen molar-refractivity contribution in [1.29, 1.82) is 0 Å². The first kappa shape index (κ1) is 9.60. The Morgan fingerprint density at radius 1 is 1.31 bits per heavy atom. The topological polar surface area (TPSA) is 34.9 Å². The lowest BCUT2D eigenvalue weighted by Gasteiger charge is -2.01. The first-order chi connectivity index (χ1) is 7.74. The number of benzene rings is 1. The SMILES string of the molecule is O=C1CCc2cn(-c3cccc(Cl)c3)nc21. The zero-order valence-electron chi connectivity index (χ0n) is 8.48. The number of aromatic nitrogens is 2. The molecule has 1 aromatic heterocycles. The minimum atomic E-state index is 0.135. The van der Waals surface area contributed by atoms with Crippen LogP contribution < -0.4 is 0 Å². The third kappa shape index (κ3) is 1.44. The second kappa shape index (κ2) is 3.46. The number of hydrogen-bond donors (Lipinski definition) is 0. The Labute approximate surface area is 97.6 Å². The van der Waals surface area contributed by atoms with Gasteiger partial charge in [-0.05, 0) is 24.6 Å². The van der Waals surface area contributed by atoms with Crippen molar-refractivity contribution in [2.45, 2.75) is 12.8 Å². The fraction of sp³-hybridized carbons (Fsp3) is 0.167. The largest absolute Gasteiger partial charge is 0.292 e. The monoisotopic (exact) mass is 232 g/mol. The average molecular weight is 233 g/mol. The van der Waals surface area contributed by atoms with E-state index in [9.17, 15) is 4.79 Å². The van der Waals surface area contributed by atoms with E-state index in [4.69, 9.17) is 11.6 Å². The average Bonchev–Trinajstić information content (AvgIpc) is 2.81. The van der Waals surface area contributed by atoms with E-state index in [2.05, 4.69) is 5.10 Å². The highest BCUT2D eigenvalue weighted by molar-refractivity contribution is 6.30. The van der Waals surface area contributed by atoms with Crippen LogP contribution in [0.3, 0.4) is 0 Å². The first-order valence-electron chi connectivity index (χ1n) is 5.12. The van der Waals surface area contributed by atoms with Gasteiger partial charge in [0.2, 0.25) is 0 Å². The normalized spacial score (nSPS) is 14.2. The van der Waals surface area contributed by atoms with Crippen molar-refractivity contribution in [1.82, 2.24) is 9.78 Å². The molecule has 3 nitrogen and oxygen atoms in total. The Morgan fingerprint density at radius 3 is 2.94 bits per heavy atom. The van der Waals surface area contributed by atoms with Gasteiger partial charge in [-0.1, -0.05) is 17.7 Å². The lowest BCUT2D eigenvalue weighted by atomic mass is 10.3. The minimum Gasteiger partial charge on any atom is -0.292 e. The Hall–Kier alpha value is -1.61. The Bertz CT molecular complexity index is 574. The molecule has 0 fully saturated rings. The molecular formula is C12H9ClN2O. The molecule has 0 bridgehead atoms. The van der Waals surface area contributed by atoms with Gasteiger partial charge in [-0.2, -0.15) is 5.10 Å². The van der Waals surface area contributed by atoms with Crippen molar-refractivity contribution in [2.75, 3.05) is 0 Å². The molecule has 0 N–H and O–H groups in total. The number of carbonyl (C=O) groups is 1. The van der Waals surface area contributed by atoms with E-state index >= 15 is 0 Å². The molecule has 2 aromatic rings. The van der Waals surface area contributed by atoms with Crippen LogP contribution in [0.15, 0.2) is 30.5 Å². The molecule has 0 aliphatic heterocycles. The number of hydrogen-bond acceptors (Lipinski definition) is 2. The summed E-state index contributed by atoms with van der Waals surface area (Å²) >= 11 is 5.91. The van der Waals surface area contributed by atoms with Gasteiger partial charge in [-0.3, -0.25) is 4.79 Å². The van der Waals surface area contributed by atoms with Crippen molar-refractivity contribution in [3.05, 3.63) is 46.7 Å². The highest BCUT2D eigenvalue weighted by atomic mass is 35.5. The summed E-state index contributed by atoms with van der Waals surface area (Å²) in [5.41, 5.74) is 2.53. The summed E-state index contributed by atoms with van der Waals surface area (Å²) in [7, 11) is 0. The highest BCUT2D eigenvalue weighted by Gasteiger charge is 2.23. The molecule has 1 aromatic carbocycles. The number of fused-ring (bicyclic) bond motifs is 1. The van der Waals surface area contributed by atoms with Gasteiger partial charge in [0.1, 0.15) is 5.69 Å². The summed E-state index contributed by atoms with van der Waals surface area (Å²) < 4.78 is 1.72. The molecule has 0 saturated heterocycles. The number of halogens is 1. The molecular weight excluding hydrogens is 224 g/mol. The van der Waals surface area contributed by atoms with Crippen molar-refractivity contribution < 1.29 is 4.79 Å². The second-order valence-corrected chi connectivity index (χ2v) is 4.29. The quantitative estimate of drug-likeness (QED) is 0.758. The molecule has 4 heteroatoms. The van der Waals surface area contributed by atoms with Gasteiger partial charge in [0.15, 0.2) is 5.78 Å². The van der Waals surface area contributed by atoms with Gasteiger partial charge in [-0.25, -0.2) is 4.68 Å². The molecule has 0 atom stereocenters. The summed E-state index contributed by atoms with van der Waals surface area (Å²) in [5, 5.41) is 4.96. The van der Waals surface area contributed by atoms with Crippen LogP contribution in [0.4, 0.5) is 0 Å². The minimum absolute atomic E-state index is 0.135. The van der Waals surface area contributed by atoms with Crippen LogP contribution in [-0.4, -0.2) is 15.6 Å². The fourth-order valence-corrected chi connectivity index (χ4v) is 2.13. The lowest BCUT2D eigenvalue weighted by molar-refractivity contribution is 0.0989. The summed E-state index contributed by atoms with van der Waals surface area (Å²) in [6.45, 7) is 0. The molecule has 0 unspecified atom stereocenters. The molecule has 0 saturated carbocycles. The van der Waals surface area contributed by atoms with Crippen LogP contribution in [-0.2, 0) is 6.42 Å². The van der Waals surface area contributed by atoms with Gasteiger partial charge in [0, 0.05) is 23.2 Å². The van der Waals surface area contributed by atoms with Crippen LogP contribution in [0.1, 0.15) is 22.5 Å². The van der Waals surface area contributed by atoms with Crippen molar-refractivity contribution in [3.63, 3.8) is 0 Å². The maximum absolute atomic E-state index is 11.5. The standard InChI is InChI=1S/C12H9ClN2O/c13-9-2-1-3-10(6-9)15-7-8-4-5-11(16)12(8)14-15/h1-3,6-7H,4-5H2. The van der Waals surface area contributed by atoms with Gasteiger partial charge in [0.05, 0.1) is 5.69 Å². The van der Waals surface area contributed by atoms with E-state index in [0.717, 1.165) is 17.7 Å². The van der Waals surface area contributed by atoms with Crippen molar-refractivity contribution in [2.24, 2.45) is 0 Å². The Kier molecular flexibility index (Phi) is 2.07. The predicted octanol–water partition coefficient (Wildman–Crippen LogP) is 2.65. The Morgan fingerprint density at radius 2 is 2.19 bits per heavy atom. The predicted molar refractivity (Wildman–Crippen MR) is 61.2 cm³/mol. The van der Waals surface area contributed by atoms with E-state index < -0.39 is 0 Å². The highest BCUT2D eigenvalue weighted by Crippen LogP contribution is 2.22. The molecule has 16 heavy (non-hydrogen) atoms. The van der Waals surface area contributed by atoms with Gasteiger partial charge >= 0.3 is 0 Å². The van der Waals surface area contributed by atoms with Crippen molar-refractivity contribution in [3.8, 4) is 5.69 Å². The van der Waals surface area contributed by atoms with Crippen LogP contribution in [0.25, 0.3) is 5.69 Å². The molecule has 1 heterocycles. The zero-order valence-corrected chi connectivity index (χ0v) is 9.24. The van der Waals surface area contributed by atoms with E-state index in [1.807, 2.05) is 30.5 Å². The second-order valence-electron chi connectivity index (χ2n) is 3.85. The molecule has 0 spiro atoms. The van der Waals surface area contributed by atoms with Gasteiger partial charge in [0.25, 0.3) is 0 Å². The van der Waals surface area contributed by atoms with Gasteiger partial charge in [-0.15, -0.1) is 0 Å². The zero-order chi connectivity index (χ0) is 11.1. The van der Waals surface area contributed by atoms with E-state index in [0.29, 0.717) is 17.1 Å². The van der Waals surface area contributed by atoms with Gasteiger partial charge < -0.3 is 0 Å². The smallest absolute Gasteiger partial charge is 0.183 e. The summed E-state index contributed by atoms with van der Waals surface area (Å²) in [6.07, 6.45) is 3.30. The maximum Gasteiger partial charge on any atom is 0.183 e. The summed E-state index contributed by atoms with van der Waals surface area (Å²) in [4.78, 5) is 11.5. The number of aryl methyl sites for hydroxylation is 1. The first-order valence-corrected chi connectivity index (χ1v) is 5.49. The number of ketones is 1. The molecule has 3 rings (SSSR count). The van der Waals surface area contributed by atoms with Crippen LogP contribution in [0, 0.1) is 0 Å². The fourth-order valence-electron chi connectivity index (χ4n) is 1.94. The molecule has 1 aliphatic carbocycles. The third-order valence-corrected chi connectivity index (χ3v) is 2.98. The number of carbonyl (C=O) groups excluding carboxylic acids is 1.